The van der Waals surface area contributed by atoms with Gasteiger partial charge in [0.25, 0.3) is 0 Å². The minimum atomic E-state index is 0.200. The van der Waals surface area contributed by atoms with Crippen molar-refractivity contribution in [2.75, 3.05) is 12.3 Å². The van der Waals surface area contributed by atoms with Gasteiger partial charge in [0.2, 0.25) is 0 Å². The first-order valence-electron chi connectivity index (χ1n) is 5.11. The summed E-state index contributed by atoms with van der Waals surface area (Å²) in [4.78, 5) is 6.61. The van der Waals surface area contributed by atoms with Crippen LogP contribution in [-0.2, 0) is 0 Å². The van der Waals surface area contributed by atoms with Gasteiger partial charge >= 0.3 is 0 Å². The molecule has 0 radical (unpaired) electrons. The molecule has 0 aromatic carbocycles. The molecule has 0 fully saturated rings. The standard InChI is InChI=1S/C6H15N3.C4H6N2/c1-2-3-4-5-9-6(7)8;5-4-2-1-3-6-4/h2-5H2,1H3,(H4,7,8,9);1-3,6H,5H2. The zero-order chi connectivity index (χ0) is 11.5. The normalized spacial score (nSPS) is 8.87. The molecule has 0 spiro atoms. The number of hydrogen-bond donors (Lipinski definition) is 4. The van der Waals surface area contributed by atoms with Crippen LogP contribution < -0.4 is 17.2 Å². The second-order valence-electron chi connectivity index (χ2n) is 3.14. The van der Waals surface area contributed by atoms with E-state index in [1.165, 1.54) is 12.8 Å². The van der Waals surface area contributed by atoms with Crippen LogP contribution >= 0.6 is 0 Å². The molecule has 7 N–H and O–H groups in total. The molecule has 0 saturated heterocycles. The van der Waals surface area contributed by atoms with E-state index in [0.29, 0.717) is 0 Å². The zero-order valence-corrected chi connectivity index (χ0v) is 9.24. The third-order valence-corrected chi connectivity index (χ3v) is 1.68. The number of nitrogen functional groups attached to an aromatic ring is 1. The van der Waals surface area contributed by atoms with Gasteiger partial charge in [-0.05, 0) is 18.6 Å². The summed E-state index contributed by atoms with van der Waals surface area (Å²) in [5.74, 6) is 0.918. The number of aliphatic imine (C=N–C) groups is 1. The quantitative estimate of drug-likeness (QED) is 0.339. The van der Waals surface area contributed by atoms with Crippen LogP contribution in [-0.4, -0.2) is 17.5 Å². The number of H-pyrrole nitrogens is 1. The number of anilines is 1. The van der Waals surface area contributed by atoms with E-state index >= 15 is 0 Å². The number of nitrogens with zero attached hydrogens (tertiary/aromatic N) is 1. The minimum Gasteiger partial charge on any atom is -0.385 e. The summed E-state index contributed by atoms with van der Waals surface area (Å²) in [7, 11) is 0. The molecule has 1 rings (SSSR count). The molecular weight excluding hydrogens is 190 g/mol. The van der Waals surface area contributed by atoms with Gasteiger partial charge in [-0.25, -0.2) is 0 Å². The number of guanidine groups is 1. The van der Waals surface area contributed by atoms with Gasteiger partial charge in [-0.2, -0.15) is 0 Å². The Morgan fingerprint density at radius 2 is 2.13 bits per heavy atom. The van der Waals surface area contributed by atoms with Gasteiger partial charge in [0, 0.05) is 12.7 Å². The molecule has 0 saturated carbocycles. The van der Waals surface area contributed by atoms with Crippen LogP contribution in [0.3, 0.4) is 0 Å². The fraction of sp³-hybridized carbons (Fsp3) is 0.500. The number of rotatable bonds is 4. The van der Waals surface area contributed by atoms with Gasteiger partial charge in [-0.15, -0.1) is 0 Å². The highest BCUT2D eigenvalue weighted by molar-refractivity contribution is 5.75. The maximum atomic E-state index is 5.22. The lowest BCUT2D eigenvalue weighted by Gasteiger charge is -1.92. The van der Waals surface area contributed by atoms with E-state index in [2.05, 4.69) is 16.9 Å². The highest BCUT2D eigenvalue weighted by Gasteiger charge is 1.82. The summed E-state index contributed by atoms with van der Waals surface area (Å²) >= 11 is 0. The Bertz CT molecular complexity index is 249. The van der Waals surface area contributed by atoms with Crippen molar-refractivity contribution >= 4 is 11.8 Å². The molecule has 0 atom stereocenters. The predicted molar refractivity (Wildman–Crippen MR) is 65.4 cm³/mol. The van der Waals surface area contributed by atoms with Gasteiger partial charge in [0.15, 0.2) is 5.96 Å². The second kappa shape index (κ2) is 8.93. The van der Waals surface area contributed by atoms with Gasteiger partial charge in [-0.3, -0.25) is 4.99 Å². The molecule has 0 aliphatic rings. The van der Waals surface area contributed by atoms with Crippen molar-refractivity contribution < 1.29 is 0 Å². The molecule has 1 aromatic heterocycles. The van der Waals surface area contributed by atoms with E-state index in [1.54, 1.807) is 12.3 Å². The third kappa shape index (κ3) is 10.3. The van der Waals surface area contributed by atoms with Crippen molar-refractivity contribution in [2.45, 2.75) is 26.2 Å². The predicted octanol–water partition coefficient (Wildman–Crippen LogP) is 1.05. The third-order valence-electron chi connectivity index (χ3n) is 1.68. The molecule has 1 heterocycles. The topological polar surface area (TPSA) is 106 Å². The average molecular weight is 211 g/mol. The summed E-state index contributed by atoms with van der Waals surface area (Å²) in [5.41, 5.74) is 15.4. The molecule has 0 aliphatic carbocycles. The van der Waals surface area contributed by atoms with Gasteiger partial charge in [-0.1, -0.05) is 19.8 Å². The van der Waals surface area contributed by atoms with Gasteiger partial charge < -0.3 is 22.2 Å². The lowest BCUT2D eigenvalue weighted by atomic mass is 10.2. The molecule has 0 unspecified atom stereocenters. The van der Waals surface area contributed by atoms with Crippen molar-refractivity contribution in [3.63, 3.8) is 0 Å². The lowest BCUT2D eigenvalue weighted by Crippen LogP contribution is -2.22. The summed E-state index contributed by atoms with van der Waals surface area (Å²) in [6, 6.07) is 3.66. The number of nitrogens with one attached hydrogen (secondary N) is 1. The van der Waals surface area contributed by atoms with Crippen LogP contribution in [0.25, 0.3) is 0 Å². The van der Waals surface area contributed by atoms with Crippen molar-refractivity contribution in [1.82, 2.24) is 4.98 Å². The van der Waals surface area contributed by atoms with Crippen molar-refractivity contribution in [1.29, 1.82) is 0 Å². The molecule has 15 heavy (non-hydrogen) atoms. The smallest absolute Gasteiger partial charge is 0.185 e. The Labute approximate surface area is 90.8 Å². The summed E-state index contributed by atoms with van der Waals surface area (Å²) in [6.45, 7) is 2.92. The molecule has 0 aliphatic heterocycles. The first-order chi connectivity index (χ1) is 7.16. The summed E-state index contributed by atoms with van der Waals surface area (Å²) in [5, 5.41) is 0. The number of unbranched alkanes of at least 4 members (excludes halogenated alkanes) is 2. The van der Waals surface area contributed by atoms with E-state index in [0.717, 1.165) is 18.8 Å². The van der Waals surface area contributed by atoms with Crippen LogP contribution in [0.4, 0.5) is 5.82 Å². The first-order valence-corrected chi connectivity index (χ1v) is 5.11. The molecule has 86 valence electrons. The van der Waals surface area contributed by atoms with E-state index in [4.69, 9.17) is 17.2 Å². The fourth-order valence-corrected chi connectivity index (χ4v) is 0.914. The van der Waals surface area contributed by atoms with Crippen LogP contribution in [0.1, 0.15) is 26.2 Å². The monoisotopic (exact) mass is 211 g/mol. The van der Waals surface area contributed by atoms with Crippen molar-refractivity contribution in [3.8, 4) is 0 Å². The summed E-state index contributed by atoms with van der Waals surface area (Å²) < 4.78 is 0. The van der Waals surface area contributed by atoms with E-state index in [9.17, 15) is 0 Å². The average Bonchev–Trinajstić information content (AvgIpc) is 2.65. The minimum absolute atomic E-state index is 0.200. The highest BCUT2D eigenvalue weighted by Crippen LogP contribution is 1.92. The largest absolute Gasteiger partial charge is 0.385 e. The Balaban J connectivity index is 0.000000280. The Morgan fingerprint density at radius 1 is 1.40 bits per heavy atom. The SMILES string of the molecule is CCCCCN=C(N)N.Nc1ccc[nH]1. The number of nitrogens with two attached hydrogens (primary N) is 3. The molecular formula is C10H21N5. The van der Waals surface area contributed by atoms with Crippen LogP contribution in [0, 0.1) is 0 Å². The van der Waals surface area contributed by atoms with Gasteiger partial charge in [0.05, 0.1) is 0 Å². The molecule has 1 aromatic rings. The van der Waals surface area contributed by atoms with E-state index in [1.807, 2.05) is 6.07 Å². The van der Waals surface area contributed by atoms with Gasteiger partial charge in [0.1, 0.15) is 5.82 Å². The second-order valence-corrected chi connectivity index (χ2v) is 3.14. The lowest BCUT2D eigenvalue weighted by molar-refractivity contribution is 0.727. The Kier molecular flexibility index (Phi) is 7.94. The van der Waals surface area contributed by atoms with Crippen LogP contribution in [0.15, 0.2) is 23.3 Å². The molecule has 0 bridgehead atoms. The zero-order valence-electron chi connectivity index (χ0n) is 9.24. The highest BCUT2D eigenvalue weighted by atomic mass is 15.0. The van der Waals surface area contributed by atoms with Crippen molar-refractivity contribution in [3.05, 3.63) is 18.3 Å². The maximum absolute atomic E-state index is 5.22. The van der Waals surface area contributed by atoms with Crippen LogP contribution in [0.5, 0.6) is 0 Å². The Hall–Kier alpha value is -1.65. The first kappa shape index (κ1) is 13.4. The van der Waals surface area contributed by atoms with E-state index < -0.39 is 0 Å². The van der Waals surface area contributed by atoms with Crippen molar-refractivity contribution in [2.24, 2.45) is 16.5 Å². The summed E-state index contributed by atoms with van der Waals surface area (Å²) in [6.07, 6.45) is 5.29. The maximum Gasteiger partial charge on any atom is 0.185 e. The number of aromatic nitrogens is 1. The van der Waals surface area contributed by atoms with E-state index in [-0.39, 0.29) is 5.96 Å². The Morgan fingerprint density at radius 3 is 2.47 bits per heavy atom. The molecule has 5 nitrogen and oxygen atoms in total. The number of aromatic amines is 1. The number of hydrogen-bond acceptors (Lipinski definition) is 2. The molecule has 0 amide bonds. The van der Waals surface area contributed by atoms with Crippen LogP contribution in [0.2, 0.25) is 0 Å². The molecule has 5 heteroatoms. The fourth-order valence-electron chi connectivity index (χ4n) is 0.914.